The van der Waals surface area contributed by atoms with Gasteiger partial charge in [0.2, 0.25) is 0 Å². The van der Waals surface area contributed by atoms with Gasteiger partial charge in [-0.1, -0.05) is 0 Å². The van der Waals surface area contributed by atoms with E-state index in [2.05, 4.69) is 15.0 Å². The molecule has 3 aromatic rings. The predicted molar refractivity (Wildman–Crippen MR) is 88.5 cm³/mol. The topological polar surface area (TPSA) is 43.6 Å². The molecule has 3 aromatic heterocycles. The largest absolute Gasteiger partial charge is 0.458 e. The van der Waals surface area contributed by atoms with Crippen molar-refractivity contribution in [3.63, 3.8) is 0 Å². The number of aromatic nitrogens is 4. The molecule has 156 valence electrons. The lowest BCUT2D eigenvalue weighted by atomic mass is 10.1. The summed E-state index contributed by atoms with van der Waals surface area (Å²) in [5.74, 6) is -5.17. The molecule has 0 saturated carbocycles. The highest BCUT2D eigenvalue weighted by Gasteiger charge is 2.59. The standard InChI is InChI=1S/C16H10F8N4S/c1-28-12-9(3-7(5-26-12)14(17,18)16(22,23)24)27-13(28)11-10(29-2)4-8(6-25-11)15(19,20)21/h3-6H,1-2H3. The number of alkyl halides is 8. The van der Waals surface area contributed by atoms with E-state index >= 15 is 0 Å². The van der Waals surface area contributed by atoms with Gasteiger partial charge in [-0.25, -0.2) is 9.97 Å². The molecule has 0 aliphatic heterocycles. The van der Waals surface area contributed by atoms with Crippen molar-refractivity contribution in [2.45, 2.75) is 23.2 Å². The second-order valence-electron chi connectivity index (χ2n) is 5.91. The van der Waals surface area contributed by atoms with Gasteiger partial charge in [-0.3, -0.25) is 4.98 Å². The summed E-state index contributed by atoms with van der Waals surface area (Å²) >= 11 is 0.945. The third-order valence-corrected chi connectivity index (χ3v) is 4.79. The van der Waals surface area contributed by atoms with E-state index in [0.29, 0.717) is 18.5 Å². The SMILES string of the molecule is CSc1cc(C(F)(F)F)cnc1-c1nc2cc(C(F)(F)C(F)(F)F)cnc2n1C. The number of rotatable bonds is 3. The Balaban J connectivity index is 2.16. The summed E-state index contributed by atoms with van der Waals surface area (Å²) in [6.07, 6.45) is -7.96. The zero-order valence-electron chi connectivity index (χ0n) is 14.5. The summed E-state index contributed by atoms with van der Waals surface area (Å²) in [5, 5.41) is 0. The second-order valence-corrected chi connectivity index (χ2v) is 6.75. The van der Waals surface area contributed by atoms with Crippen molar-refractivity contribution in [1.29, 1.82) is 0 Å². The number of pyridine rings is 2. The molecule has 29 heavy (non-hydrogen) atoms. The van der Waals surface area contributed by atoms with Crippen LogP contribution in [0.15, 0.2) is 29.4 Å². The van der Waals surface area contributed by atoms with Crippen LogP contribution in [0, 0.1) is 0 Å². The predicted octanol–water partition coefficient (Wildman–Crippen LogP) is 5.43. The highest BCUT2D eigenvalue weighted by molar-refractivity contribution is 7.98. The number of thioether (sulfide) groups is 1. The van der Waals surface area contributed by atoms with Gasteiger partial charge in [-0.15, -0.1) is 11.8 Å². The first kappa shape index (κ1) is 21.3. The summed E-state index contributed by atoms with van der Waals surface area (Å²) in [6.45, 7) is 0. The molecule has 0 atom stereocenters. The van der Waals surface area contributed by atoms with Crippen LogP contribution in [0.2, 0.25) is 0 Å². The maximum Gasteiger partial charge on any atom is 0.458 e. The van der Waals surface area contributed by atoms with Crippen LogP contribution >= 0.6 is 11.8 Å². The summed E-state index contributed by atoms with van der Waals surface area (Å²) < 4.78 is 105. The Morgan fingerprint density at radius 2 is 1.52 bits per heavy atom. The van der Waals surface area contributed by atoms with Gasteiger partial charge >= 0.3 is 18.3 Å². The Morgan fingerprint density at radius 1 is 0.897 bits per heavy atom. The van der Waals surface area contributed by atoms with Crippen LogP contribution in [0.3, 0.4) is 0 Å². The fraction of sp³-hybridized carbons (Fsp3) is 0.312. The van der Waals surface area contributed by atoms with Crippen LogP contribution < -0.4 is 0 Å². The van der Waals surface area contributed by atoms with Crippen molar-refractivity contribution in [2.24, 2.45) is 7.05 Å². The number of hydrogen-bond acceptors (Lipinski definition) is 4. The minimum Gasteiger partial charge on any atom is -0.310 e. The first-order valence-corrected chi connectivity index (χ1v) is 8.89. The molecule has 0 amide bonds. The molecule has 0 fully saturated rings. The molecule has 0 radical (unpaired) electrons. The highest BCUT2D eigenvalue weighted by atomic mass is 32.2. The monoisotopic (exact) mass is 442 g/mol. The Labute approximate surface area is 162 Å². The number of nitrogens with zero attached hydrogens (tertiary/aromatic N) is 4. The van der Waals surface area contributed by atoms with Crippen molar-refractivity contribution in [3.05, 3.63) is 35.7 Å². The highest BCUT2D eigenvalue weighted by Crippen LogP contribution is 2.44. The molecular weight excluding hydrogens is 432 g/mol. The minimum atomic E-state index is -5.82. The first-order chi connectivity index (χ1) is 13.3. The molecule has 0 saturated heterocycles. The third-order valence-electron chi connectivity index (χ3n) is 4.04. The van der Waals surface area contributed by atoms with Gasteiger partial charge in [0.25, 0.3) is 0 Å². The van der Waals surface area contributed by atoms with E-state index in [4.69, 9.17) is 0 Å². The van der Waals surface area contributed by atoms with E-state index in [0.717, 1.165) is 17.8 Å². The van der Waals surface area contributed by atoms with E-state index in [1.807, 2.05) is 0 Å². The fourth-order valence-corrected chi connectivity index (χ4v) is 3.13. The number of fused-ring (bicyclic) bond motifs is 1. The van der Waals surface area contributed by atoms with Gasteiger partial charge in [0.15, 0.2) is 11.5 Å². The number of hydrogen-bond donors (Lipinski definition) is 0. The molecule has 0 spiro atoms. The average molecular weight is 442 g/mol. The van der Waals surface area contributed by atoms with E-state index in [1.54, 1.807) is 0 Å². The zero-order valence-corrected chi connectivity index (χ0v) is 15.3. The first-order valence-electron chi connectivity index (χ1n) is 7.66. The maximum atomic E-state index is 13.6. The molecule has 0 unspecified atom stereocenters. The summed E-state index contributed by atoms with van der Waals surface area (Å²) in [4.78, 5) is 11.5. The third kappa shape index (κ3) is 3.63. The number of imidazole rings is 1. The van der Waals surface area contributed by atoms with Gasteiger partial charge in [-0.2, -0.15) is 35.1 Å². The molecule has 0 bridgehead atoms. The molecule has 0 aliphatic rings. The van der Waals surface area contributed by atoms with Crippen LogP contribution in [0.25, 0.3) is 22.7 Å². The second kappa shape index (κ2) is 6.82. The summed E-state index contributed by atoms with van der Waals surface area (Å²) in [6, 6.07) is 1.39. The Hall–Kier alpha value is -2.44. The normalized spacial score (nSPS) is 13.3. The van der Waals surface area contributed by atoms with Crippen molar-refractivity contribution >= 4 is 22.9 Å². The molecule has 0 aliphatic carbocycles. The van der Waals surface area contributed by atoms with Crippen molar-refractivity contribution < 1.29 is 35.1 Å². The van der Waals surface area contributed by atoms with Crippen molar-refractivity contribution in [1.82, 2.24) is 19.5 Å². The van der Waals surface area contributed by atoms with E-state index in [9.17, 15) is 35.1 Å². The zero-order chi connectivity index (χ0) is 21.8. The van der Waals surface area contributed by atoms with Crippen molar-refractivity contribution in [3.8, 4) is 11.5 Å². The van der Waals surface area contributed by atoms with Gasteiger partial charge in [0.1, 0.15) is 11.2 Å². The molecule has 0 aromatic carbocycles. The Bertz CT molecular complexity index is 1070. The Kier molecular flexibility index (Phi) is 5.00. The van der Waals surface area contributed by atoms with Gasteiger partial charge < -0.3 is 4.57 Å². The van der Waals surface area contributed by atoms with Crippen LogP contribution in [-0.2, 0) is 19.1 Å². The lowest BCUT2D eigenvalue weighted by Crippen LogP contribution is -2.33. The van der Waals surface area contributed by atoms with E-state index < -0.39 is 29.4 Å². The van der Waals surface area contributed by atoms with Gasteiger partial charge in [0.05, 0.1) is 11.1 Å². The lowest BCUT2D eigenvalue weighted by molar-refractivity contribution is -0.289. The molecule has 0 N–H and O–H groups in total. The summed E-state index contributed by atoms with van der Waals surface area (Å²) in [7, 11) is 1.39. The van der Waals surface area contributed by atoms with E-state index in [1.165, 1.54) is 17.9 Å². The quantitative estimate of drug-likeness (QED) is 0.401. The van der Waals surface area contributed by atoms with Gasteiger partial charge in [0, 0.05) is 24.3 Å². The Morgan fingerprint density at radius 3 is 2.07 bits per heavy atom. The number of aryl methyl sites for hydroxylation is 1. The number of halogens is 8. The fourth-order valence-electron chi connectivity index (χ4n) is 2.55. The molecule has 4 nitrogen and oxygen atoms in total. The smallest absolute Gasteiger partial charge is 0.310 e. The molecular formula is C16H10F8N4S. The average Bonchev–Trinajstić information content (AvgIpc) is 2.95. The summed E-state index contributed by atoms with van der Waals surface area (Å²) in [5.41, 5.74) is -2.69. The molecule has 3 heterocycles. The van der Waals surface area contributed by atoms with Crippen LogP contribution in [0.5, 0.6) is 0 Å². The van der Waals surface area contributed by atoms with Crippen LogP contribution in [-0.4, -0.2) is 32.0 Å². The molecule has 3 rings (SSSR count). The van der Waals surface area contributed by atoms with Crippen LogP contribution in [0.1, 0.15) is 11.1 Å². The minimum absolute atomic E-state index is 0.00938. The van der Waals surface area contributed by atoms with E-state index in [-0.39, 0.29) is 27.6 Å². The molecule has 13 heteroatoms. The van der Waals surface area contributed by atoms with Crippen molar-refractivity contribution in [2.75, 3.05) is 6.26 Å². The lowest BCUT2D eigenvalue weighted by Gasteiger charge is -2.19. The van der Waals surface area contributed by atoms with Crippen LogP contribution in [0.4, 0.5) is 35.1 Å². The maximum absolute atomic E-state index is 13.6. The van der Waals surface area contributed by atoms with Gasteiger partial charge in [-0.05, 0) is 18.4 Å².